The molecule has 246 valence electrons. The molecule has 0 saturated heterocycles. The minimum absolute atomic E-state index is 0.717. The molecule has 0 aliphatic carbocycles. The van der Waals surface area contributed by atoms with Gasteiger partial charge in [0.05, 0.1) is 22.6 Å². The second kappa shape index (κ2) is 13.2. The predicted octanol–water partition coefficient (Wildman–Crippen LogP) is 12.8. The molecular weight excluding hydrogens is 631 g/mol. The largest absolute Gasteiger partial charge is 0.247 e. The molecule has 0 fully saturated rings. The molecule has 52 heavy (non-hydrogen) atoms. The molecule has 0 aliphatic rings. The molecule has 0 saturated carbocycles. The number of hydrogen-bond acceptors (Lipinski definition) is 3. The molecule has 7 aromatic carbocycles. The van der Waals surface area contributed by atoms with Gasteiger partial charge >= 0.3 is 0 Å². The van der Waals surface area contributed by atoms with E-state index in [2.05, 4.69) is 190 Å². The van der Waals surface area contributed by atoms with E-state index in [9.17, 15) is 0 Å². The van der Waals surface area contributed by atoms with Crippen molar-refractivity contribution in [1.82, 2.24) is 15.0 Å². The van der Waals surface area contributed by atoms with Crippen LogP contribution in [-0.2, 0) is 0 Å². The fraction of sp³-hybridized carbons (Fsp3) is 0.0408. The Labute approximate surface area is 304 Å². The van der Waals surface area contributed by atoms with Crippen LogP contribution in [0.1, 0.15) is 11.1 Å². The second-order valence-electron chi connectivity index (χ2n) is 13.4. The summed E-state index contributed by atoms with van der Waals surface area (Å²) in [5.74, 6) is 0.717. The highest BCUT2D eigenvalue weighted by Crippen LogP contribution is 2.40. The first kappa shape index (κ1) is 31.3. The number of pyridine rings is 1. The molecule has 9 rings (SSSR count). The van der Waals surface area contributed by atoms with Gasteiger partial charge in [0.15, 0.2) is 5.82 Å². The zero-order valence-electron chi connectivity index (χ0n) is 29.1. The number of fused-ring (bicyclic) bond motifs is 3. The molecule has 9 aromatic rings. The lowest BCUT2D eigenvalue weighted by Crippen LogP contribution is -1.96. The molecule has 0 bridgehead atoms. The molecule has 0 aliphatic heterocycles. The normalized spacial score (nSPS) is 11.3. The van der Waals surface area contributed by atoms with Gasteiger partial charge in [-0.1, -0.05) is 175 Å². The Balaban J connectivity index is 1.15. The Morgan fingerprint density at radius 3 is 1.52 bits per heavy atom. The monoisotopic (exact) mass is 665 g/mol. The van der Waals surface area contributed by atoms with Gasteiger partial charge in [0.25, 0.3) is 0 Å². The van der Waals surface area contributed by atoms with E-state index in [0.29, 0.717) is 5.82 Å². The molecule has 0 atom stereocenters. The van der Waals surface area contributed by atoms with Crippen molar-refractivity contribution in [2.45, 2.75) is 13.8 Å². The van der Waals surface area contributed by atoms with E-state index in [1.54, 1.807) is 0 Å². The predicted molar refractivity (Wildman–Crippen MR) is 217 cm³/mol. The lowest BCUT2D eigenvalue weighted by Gasteiger charge is -2.15. The van der Waals surface area contributed by atoms with Crippen molar-refractivity contribution in [1.29, 1.82) is 0 Å². The number of benzene rings is 7. The smallest absolute Gasteiger partial charge is 0.160 e. The molecule has 0 radical (unpaired) electrons. The minimum Gasteiger partial charge on any atom is -0.247 e. The van der Waals surface area contributed by atoms with Crippen molar-refractivity contribution < 1.29 is 0 Å². The second-order valence-corrected chi connectivity index (χ2v) is 13.4. The summed E-state index contributed by atoms with van der Waals surface area (Å²) in [6, 6.07) is 62.1. The first-order valence-electron chi connectivity index (χ1n) is 17.7. The molecule has 2 aromatic heterocycles. The third kappa shape index (κ3) is 5.93. The summed E-state index contributed by atoms with van der Waals surface area (Å²) in [4.78, 5) is 15.4. The summed E-state index contributed by atoms with van der Waals surface area (Å²) in [7, 11) is 0. The van der Waals surface area contributed by atoms with Crippen LogP contribution in [0, 0.1) is 13.8 Å². The average Bonchev–Trinajstić information content (AvgIpc) is 3.21. The van der Waals surface area contributed by atoms with E-state index in [1.165, 1.54) is 27.6 Å². The molecule has 3 nitrogen and oxygen atoms in total. The number of aryl methyl sites for hydroxylation is 2. The molecule has 2 heterocycles. The van der Waals surface area contributed by atoms with Crippen molar-refractivity contribution >= 4 is 21.7 Å². The minimum atomic E-state index is 0.717. The van der Waals surface area contributed by atoms with E-state index in [0.717, 1.165) is 66.8 Å². The third-order valence-corrected chi connectivity index (χ3v) is 9.85. The van der Waals surface area contributed by atoms with Gasteiger partial charge in [0, 0.05) is 38.4 Å². The van der Waals surface area contributed by atoms with Gasteiger partial charge in [-0.2, -0.15) is 0 Å². The lowest BCUT2D eigenvalue weighted by molar-refractivity contribution is 1.18. The Morgan fingerprint density at radius 2 is 0.885 bits per heavy atom. The van der Waals surface area contributed by atoms with Crippen LogP contribution in [0.4, 0.5) is 0 Å². The average molecular weight is 666 g/mol. The summed E-state index contributed by atoms with van der Waals surface area (Å²) in [6.07, 6.45) is 0. The molecule has 0 N–H and O–H groups in total. The maximum atomic E-state index is 5.33. The van der Waals surface area contributed by atoms with Crippen molar-refractivity contribution in [2.75, 3.05) is 0 Å². The van der Waals surface area contributed by atoms with Gasteiger partial charge in [-0.05, 0) is 48.2 Å². The molecule has 0 unspecified atom stereocenters. The highest BCUT2D eigenvalue weighted by atomic mass is 14.9. The summed E-state index contributed by atoms with van der Waals surface area (Å²) in [5, 5.41) is 3.51. The molecule has 0 amide bonds. The third-order valence-electron chi connectivity index (χ3n) is 9.85. The van der Waals surface area contributed by atoms with Gasteiger partial charge in [0.1, 0.15) is 0 Å². The summed E-state index contributed by atoms with van der Waals surface area (Å²) in [5.41, 5.74) is 15.0. The van der Waals surface area contributed by atoms with E-state index < -0.39 is 0 Å². The van der Waals surface area contributed by atoms with Crippen LogP contribution in [0.25, 0.3) is 89.1 Å². The van der Waals surface area contributed by atoms with Gasteiger partial charge in [-0.3, -0.25) is 0 Å². The van der Waals surface area contributed by atoms with Crippen molar-refractivity contribution in [3.8, 4) is 67.4 Å². The standard InChI is InChI=1S/C49H35N3/c1-32-16-20-36(21-17-32)44-31-45(52-49(51-44)39-22-18-33(2)19-23-39)37-26-24-34(25-27-37)40-28-29-42-46(30-40)50-48(38-12-7-4-8-13-38)43-15-9-14-41(47(42)43)35-10-5-3-6-11-35/h3-31H,1-2H3. The van der Waals surface area contributed by atoms with E-state index in [-0.39, 0.29) is 0 Å². The fourth-order valence-electron chi connectivity index (χ4n) is 7.04. The van der Waals surface area contributed by atoms with Crippen LogP contribution in [0.15, 0.2) is 176 Å². The molecule has 0 spiro atoms. The Hall–Kier alpha value is -6.71. The van der Waals surface area contributed by atoms with Crippen LogP contribution >= 0.6 is 0 Å². The van der Waals surface area contributed by atoms with Crippen LogP contribution in [0.2, 0.25) is 0 Å². The zero-order chi connectivity index (χ0) is 35.0. The maximum Gasteiger partial charge on any atom is 0.160 e. The van der Waals surface area contributed by atoms with Crippen LogP contribution in [0.5, 0.6) is 0 Å². The quantitative estimate of drug-likeness (QED) is 0.166. The summed E-state index contributed by atoms with van der Waals surface area (Å²) < 4.78 is 0. The topological polar surface area (TPSA) is 38.7 Å². The number of rotatable bonds is 6. The van der Waals surface area contributed by atoms with Crippen molar-refractivity contribution in [2.24, 2.45) is 0 Å². The summed E-state index contributed by atoms with van der Waals surface area (Å²) in [6.45, 7) is 4.20. The Kier molecular flexibility index (Phi) is 7.94. The first-order chi connectivity index (χ1) is 25.6. The highest BCUT2D eigenvalue weighted by Gasteiger charge is 2.16. The Morgan fingerprint density at radius 1 is 0.346 bits per heavy atom. The van der Waals surface area contributed by atoms with Gasteiger partial charge in [0.2, 0.25) is 0 Å². The number of nitrogens with zero attached hydrogens (tertiary/aromatic N) is 3. The SMILES string of the molecule is Cc1ccc(-c2cc(-c3ccc(-c4ccc5c(c4)nc(-c4ccccc4)c4cccc(-c6ccccc6)c45)cc3)nc(-c3ccc(C)cc3)n2)cc1. The maximum absolute atomic E-state index is 5.33. The Bertz CT molecular complexity index is 2640. The summed E-state index contributed by atoms with van der Waals surface area (Å²) >= 11 is 0. The van der Waals surface area contributed by atoms with E-state index in [4.69, 9.17) is 15.0 Å². The number of aromatic nitrogens is 3. The van der Waals surface area contributed by atoms with Gasteiger partial charge < -0.3 is 0 Å². The highest BCUT2D eigenvalue weighted by molar-refractivity contribution is 6.17. The molecule has 3 heteroatoms. The first-order valence-corrected chi connectivity index (χ1v) is 17.7. The fourth-order valence-corrected chi connectivity index (χ4v) is 7.04. The molecular formula is C49H35N3. The van der Waals surface area contributed by atoms with Crippen LogP contribution in [0.3, 0.4) is 0 Å². The van der Waals surface area contributed by atoms with E-state index in [1.807, 2.05) is 0 Å². The van der Waals surface area contributed by atoms with Gasteiger partial charge in [-0.15, -0.1) is 0 Å². The van der Waals surface area contributed by atoms with Gasteiger partial charge in [-0.25, -0.2) is 15.0 Å². The lowest BCUT2D eigenvalue weighted by atomic mass is 9.92. The number of hydrogen-bond donors (Lipinski definition) is 0. The zero-order valence-corrected chi connectivity index (χ0v) is 29.1. The van der Waals surface area contributed by atoms with Crippen LogP contribution < -0.4 is 0 Å². The van der Waals surface area contributed by atoms with Crippen molar-refractivity contribution in [3.63, 3.8) is 0 Å². The van der Waals surface area contributed by atoms with Crippen LogP contribution in [-0.4, -0.2) is 15.0 Å². The van der Waals surface area contributed by atoms with Crippen molar-refractivity contribution in [3.05, 3.63) is 187 Å². The van der Waals surface area contributed by atoms with E-state index >= 15 is 0 Å².